The highest BCUT2D eigenvalue weighted by atomic mass is 35.5. The van der Waals surface area contributed by atoms with Gasteiger partial charge in [-0.1, -0.05) is 47.5 Å². The standard InChI is InChI=1S/C24H25Cl2N3O4/c1-2-32-23-5-3-4-18(24(23)33-16-17-6-8-19(25)9-7-17)15-27-12-13-28-22-11-10-20(29(30)31)14-21(22)26/h3-11,14,27-28H,2,12-13,15-16H2,1H3. The van der Waals surface area contributed by atoms with Crippen LogP contribution in [0.3, 0.4) is 0 Å². The van der Waals surface area contributed by atoms with Crippen LogP contribution in [-0.2, 0) is 13.2 Å². The average molecular weight is 490 g/mol. The van der Waals surface area contributed by atoms with Crippen LogP contribution in [0, 0.1) is 10.1 Å². The zero-order valence-electron chi connectivity index (χ0n) is 18.1. The van der Waals surface area contributed by atoms with Gasteiger partial charge >= 0.3 is 0 Å². The molecular formula is C24H25Cl2N3O4. The third-order valence-corrected chi connectivity index (χ3v) is 5.32. The Morgan fingerprint density at radius 2 is 1.79 bits per heavy atom. The molecule has 0 aliphatic heterocycles. The average Bonchev–Trinajstić information content (AvgIpc) is 2.80. The minimum Gasteiger partial charge on any atom is -0.490 e. The first-order valence-electron chi connectivity index (χ1n) is 10.5. The van der Waals surface area contributed by atoms with Crippen molar-refractivity contribution in [1.82, 2.24) is 5.32 Å². The number of halogens is 2. The molecule has 0 unspecified atom stereocenters. The summed E-state index contributed by atoms with van der Waals surface area (Å²) in [5.41, 5.74) is 2.59. The van der Waals surface area contributed by atoms with Gasteiger partial charge in [0.05, 0.1) is 22.2 Å². The normalized spacial score (nSPS) is 10.6. The molecule has 3 rings (SSSR count). The predicted octanol–water partition coefficient (Wildman–Crippen LogP) is 6.08. The van der Waals surface area contributed by atoms with Crippen molar-refractivity contribution < 1.29 is 14.4 Å². The highest BCUT2D eigenvalue weighted by molar-refractivity contribution is 6.33. The molecule has 33 heavy (non-hydrogen) atoms. The molecule has 0 heterocycles. The van der Waals surface area contributed by atoms with E-state index >= 15 is 0 Å². The van der Waals surface area contributed by atoms with Crippen LogP contribution in [0.4, 0.5) is 11.4 Å². The van der Waals surface area contributed by atoms with Crippen molar-refractivity contribution in [2.45, 2.75) is 20.1 Å². The SMILES string of the molecule is CCOc1cccc(CNCCNc2ccc([N+](=O)[O-])cc2Cl)c1OCc1ccc(Cl)cc1. The third kappa shape index (κ3) is 7.25. The maximum absolute atomic E-state index is 10.8. The fourth-order valence-electron chi connectivity index (χ4n) is 3.14. The summed E-state index contributed by atoms with van der Waals surface area (Å²) in [5.74, 6) is 1.40. The molecule has 2 N–H and O–H groups in total. The van der Waals surface area contributed by atoms with Crippen LogP contribution in [0.2, 0.25) is 10.0 Å². The number of nitrogens with zero attached hydrogens (tertiary/aromatic N) is 1. The van der Waals surface area contributed by atoms with Crippen LogP contribution in [0.15, 0.2) is 60.7 Å². The number of para-hydroxylation sites is 1. The van der Waals surface area contributed by atoms with E-state index in [0.717, 1.165) is 11.1 Å². The maximum atomic E-state index is 10.8. The quantitative estimate of drug-likeness (QED) is 0.182. The number of ether oxygens (including phenoxy) is 2. The Labute approximate surface area is 202 Å². The summed E-state index contributed by atoms with van der Waals surface area (Å²) in [6.45, 7) is 4.67. The van der Waals surface area contributed by atoms with Gasteiger partial charge in [0, 0.05) is 42.4 Å². The van der Waals surface area contributed by atoms with Crippen LogP contribution in [0.5, 0.6) is 11.5 Å². The highest BCUT2D eigenvalue weighted by Gasteiger charge is 2.12. The summed E-state index contributed by atoms with van der Waals surface area (Å²) >= 11 is 12.1. The summed E-state index contributed by atoms with van der Waals surface area (Å²) < 4.78 is 11.9. The van der Waals surface area contributed by atoms with Crippen LogP contribution in [0.25, 0.3) is 0 Å². The van der Waals surface area contributed by atoms with Gasteiger partial charge in [0.15, 0.2) is 11.5 Å². The number of hydrogen-bond acceptors (Lipinski definition) is 6. The van der Waals surface area contributed by atoms with Crippen molar-refractivity contribution in [3.8, 4) is 11.5 Å². The minimum absolute atomic E-state index is 0.0380. The molecule has 0 saturated heterocycles. The molecule has 0 aliphatic carbocycles. The number of benzene rings is 3. The lowest BCUT2D eigenvalue weighted by atomic mass is 10.1. The summed E-state index contributed by atoms with van der Waals surface area (Å²) in [6, 6.07) is 17.7. The molecule has 0 radical (unpaired) electrons. The molecule has 7 nitrogen and oxygen atoms in total. The summed E-state index contributed by atoms with van der Waals surface area (Å²) in [5, 5.41) is 18.4. The molecule has 0 aliphatic rings. The number of hydrogen-bond donors (Lipinski definition) is 2. The lowest BCUT2D eigenvalue weighted by Gasteiger charge is -2.17. The van der Waals surface area contributed by atoms with Crippen LogP contribution in [0.1, 0.15) is 18.1 Å². The largest absolute Gasteiger partial charge is 0.490 e. The van der Waals surface area contributed by atoms with Gasteiger partial charge in [-0.3, -0.25) is 10.1 Å². The van der Waals surface area contributed by atoms with Crippen molar-refractivity contribution in [1.29, 1.82) is 0 Å². The van der Waals surface area contributed by atoms with E-state index in [1.807, 2.05) is 49.4 Å². The fraction of sp³-hybridized carbons (Fsp3) is 0.250. The number of nitro benzene ring substituents is 1. The molecule has 0 bridgehead atoms. The smallest absolute Gasteiger partial charge is 0.271 e. The van der Waals surface area contributed by atoms with Gasteiger partial charge in [0.25, 0.3) is 5.69 Å². The second-order valence-electron chi connectivity index (χ2n) is 7.12. The molecule has 0 spiro atoms. The predicted molar refractivity (Wildman–Crippen MR) is 132 cm³/mol. The molecule has 3 aromatic rings. The van der Waals surface area contributed by atoms with E-state index < -0.39 is 4.92 Å². The van der Waals surface area contributed by atoms with Crippen molar-refractivity contribution in [2.75, 3.05) is 25.0 Å². The summed E-state index contributed by atoms with van der Waals surface area (Å²) in [4.78, 5) is 10.4. The highest BCUT2D eigenvalue weighted by Crippen LogP contribution is 2.32. The van der Waals surface area contributed by atoms with Gasteiger partial charge in [-0.15, -0.1) is 0 Å². The van der Waals surface area contributed by atoms with E-state index in [0.29, 0.717) is 60.1 Å². The number of nitrogens with one attached hydrogen (secondary N) is 2. The molecule has 0 saturated carbocycles. The monoisotopic (exact) mass is 489 g/mol. The van der Waals surface area contributed by atoms with Gasteiger partial charge < -0.3 is 20.1 Å². The molecule has 0 aromatic heterocycles. The van der Waals surface area contributed by atoms with E-state index in [4.69, 9.17) is 32.7 Å². The van der Waals surface area contributed by atoms with Crippen molar-refractivity contribution in [3.63, 3.8) is 0 Å². The maximum Gasteiger partial charge on any atom is 0.271 e. The summed E-state index contributed by atoms with van der Waals surface area (Å²) in [7, 11) is 0. The van der Waals surface area contributed by atoms with Gasteiger partial charge in [-0.25, -0.2) is 0 Å². The molecule has 0 fully saturated rings. The lowest BCUT2D eigenvalue weighted by molar-refractivity contribution is -0.384. The van der Waals surface area contributed by atoms with Crippen molar-refractivity contribution in [2.24, 2.45) is 0 Å². The Balaban J connectivity index is 1.57. The molecular weight excluding hydrogens is 465 g/mol. The zero-order valence-corrected chi connectivity index (χ0v) is 19.7. The first-order valence-corrected chi connectivity index (χ1v) is 11.2. The van der Waals surface area contributed by atoms with Gasteiger partial charge in [0.1, 0.15) is 6.61 Å². The number of nitro groups is 1. The van der Waals surface area contributed by atoms with Gasteiger partial charge in [-0.2, -0.15) is 0 Å². The number of non-ortho nitro benzene ring substituents is 1. The topological polar surface area (TPSA) is 85.7 Å². The number of rotatable bonds is 12. The van der Waals surface area contributed by atoms with Crippen LogP contribution < -0.4 is 20.1 Å². The third-order valence-electron chi connectivity index (χ3n) is 4.75. The molecule has 174 valence electrons. The van der Waals surface area contributed by atoms with E-state index in [1.165, 1.54) is 12.1 Å². The first-order chi connectivity index (χ1) is 16.0. The fourth-order valence-corrected chi connectivity index (χ4v) is 3.51. The van der Waals surface area contributed by atoms with Crippen LogP contribution >= 0.6 is 23.2 Å². The van der Waals surface area contributed by atoms with Crippen LogP contribution in [-0.4, -0.2) is 24.6 Å². The van der Waals surface area contributed by atoms with E-state index in [2.05, 4.69) is 10.6 Å². The lowest BCUT2D eigenvalue weighted by Crippen LogP contribution is -2.22. The number of anilines is 1. The zero-order chi connectivity index (χ0) is 23.6. The first kappa shape index (κ1) is 24.6. The molecule has 3 aromatic carbocycles. The van der Waals surface area contributed by atoms with Gasteiger partial charge in [0.2, 0.25) is 0 Å². The Morgan fingerprint density at radius 1 is 1.00 bits per heavy atom. The second-order valence-corrected chi connectivity index (χ2v) is 7.96. The molecule has 0 amide bonds. The summed E-state index contributed by atoms with van der Waals surface area (Å²) in [6.07, 6.45) is 0. The Hall–Kier alpha value is -3.00. The van der Waals surface area contributed by atoms with Crippen molar-refractivity contribution >= 4 is 34.6 Å². The second kappa shape index (κ2) is 12.3. The molecule has 0 atom stereocenters. The Morgan fingerprint density at radius 3 is 2.48 bits per heavy atom. The van der Waals surface area contributed by atoms with E-state index in [-0.39, 0.29) is 5.69 Å². The van der Waals surface area contributed by atoms with Gasteiger partial charge in [-0.05, 0) is 36.8 Å². The van der Waals surface area contributed by atoms with E-state index in [1.54, 1.807) is 6.07 Å². The van der Waals surface area contributed by atoms with E-state index in [9.17, 15) is 10.1 Å². The minimum atomic E-state index is -0.472. The Bertz CT molecular complexity index is 1080. The molecule has 9 heteroatoms. The van der Waals surface area contributed by atoms with Crippen molar-refractivity contribution in [3.05, 3.63) is 92.0 Å². The Kier molecular flexibility index (Phi) is 9.18.